The number of hydrogen-bond donors (Lipinski definition) is 0. The fourth-order valence-corrected chi connectivity index (χ4v) is 2.70. The van der Waals surface area contributed by atoms with Crippen LogP contribution in [0.1, 0.15) is 29.8 Å². The fraction of sp³-hybridized carbons (Fsp3) is 0.200. The van der Waals surface area contributed by atoms with E-state index in [9.17, 15) is 9.59 Å². The molecule has 0 radical (unpaired) electrons. The molecule has 0 bridgehead atoms. The molecular formula is C20H17ClO5. The van der Waals surface area contributed by atoms with E-state index in [1.807, 2.05) is 6.07 Å². The molecule has 2 aromatic rings. The van der Waals surface area contributed by atoms with Gasteiger partial charge in [-0.05, 0) is 49.8 Å². The normalized spacial score (nSPS) is 15.3. The van der Waals surface area contributed by atoms with E-state index in [4.69, 9.17) is 25.8 Å². The molecule has 134 valence electrons. The summed E-state index contributed by atoms with van der Waals surface area (Å²) in [5, 5.41) is 0.575. The van der Waals surface area contributed by atoms with Crippen molar-refractivity contribution in [3.8, 4) is 11.5 Å². The van der Waals surface area contributed by atoms with Crippen LogP contribution in [-0.2, 0) is 9.53 Å². The molecule has 0 aromatic heterocycles. The molecule has 0 amide bonds. The third kappa shape index (κ3) is 3.89. The van der Waals surface area contributed by atoms with Gasteiger partial charge in [-0.1, -0.05) is 23.7 Å². The van der Waals surface area contributed by atoms with E-state index in [0.717, 1.165) is 5.56 Å². The van der Waals surface area contributed by atoms with Crippen LogP contribution in [-0.4, -0.2) is 24.5 Å². The van der Waals surface area contributed by atoms with Crippen molar-refractivity contribution in [3.63, 3.8) is 0 Å². The lowest BCUT2D eigenvalue weighted by Crippen LogP contribution is -2.26. The van der Waals surface area contributed by atoms with Crippen LogP contribution in [0.2, 0.25) is 5.02 Å². The summed E-state index contributed by atoms with van der Waals surface area (Å²) in [5.41, 5.74) is 1.20. The first-order valence-corrected chi connectivity index (χ1v) is 8.53. The summed E-state index contributed by atoms with van der Waals surface area (Å²) < 4.78 is 16.1. The Kier molecular flexibility index (Phi) is 5.28. The van der Waals surface area contributed by atoms with E-state index in [1.165, 1.54) is 0 Å². The predicted molar refractivity (Wildman–Crippen MR) is 97.6 cm³/mol. The average Bonchev–Trinajstić information content (AvgIpc) is 2.90. The van der Waals surface area contributed by atoms with E-state index in [1.54, 1.807) is 56.3 Å². The van der Waals surface area contributed by atoms with Gasteiger partial charge in [-0.3, -0.25) is 4.79 Å². The number of Topliss-reactive ketones (excluding diaryl/α,β-unsaturated/α-hetero) is 1. The van der Waals surface area contributed by atoms with Crippen molar-refractivity contribution < 1.29 is 23.8 Å². The van der Waals surface area contributed by atoms with Crippen LogP contribution >= 0.6 is 11.6 Å². The Morgan fingerprint density at radius 2 is 2.08 bits per heavy atom. The van der Waals surface area contributed by atoms with Crippen LogP contribution < -0.4 is 9.47 Å². The number of fused-ring (bicyclic) bond motifs is 1. The monoisotopic (exact) mass is 372 g/mol. The van der Waals surface area contributed by atoms with Crippen LogP contribution in [0.3, 0.4) is 0 Å². The van der Waals surface area contributed by atoms with E-state index in [2.05, 4.69) is 0 Å². The maximum atomic E-state index is 12.5. The molecule has 2 aromatic carbocycles. The fourth-order valence-electron chi connectivity index (χ4n) is 2.50. The van der Waals surface area contributed by atoms with Gasteiger partial charge in [-0.2, -0.15) is 0 Å². The van der Waals surface area contributed by atoms with E-state index in [-0.39, 0.29) is 18.1 Å². The molecule has 0 saturated heterocycles. The molecular weight excluding hydrogens is 356 g/mol. The number of rotatable bonds is 5. The van der Waals surface area contributed by atoms with Crippen molar-refractivity contribution in [3.05, 3.63) is 64.4 Å². The van der Waals surface area contributed by atoms with Crippen molar-refractivity contribution in [2.75, 3.05) is 6.61 Å². The van der Waals surface area contributed by atoms with Crippen LogP contribution in [0.4, 0.5) is 0 Å². The average molecular weight is 373 g/mol. The van der Waals surface area contributed by atoms with Gasteiger partial charge in [0.15, 0.2) is 11.9 Å². The number of ketones is 1. The minimum Gasteiger partial charge on any atom is -0.479 e. The summed E-state index contributed by atoms with van der Waals surface area (Å²) in [6, 6.07) is 11.9. The SMILES string of the molecule is CCOC(=O)[C@H](C)Oc1ccc2c(c1)O/C(=C\c1cccc(Cl)c1)C2=O. The molecule has 0 fully saturated rings. The molecule has 1 aliphatic rings. The molecule has 6 heteroatoms. The van der Waals surface area contributed by atoms with Crippen molar-refractivity contribution in [1.82, 2.24) is 0 Å². The van der Waals surface area contributed by atoms with E-state index in [0.29, 0.717) is 22.1 Å². The summed E-state index contributed by atoms with van der Waals surface area (Å²) >= 11 is 5.96. The maximum Gasteiger partial charge on any atom is 0.347 e. The third-order valence-corrected chi connectivity index (χ3v) is 3.95. The third-order valence-electron chi connectivity index (χ3n) is 3.72. The number of carbonyl (C=O) groups excluding carboxylic acids is 2. The second kappa shape index (κ2) is 7.62. The maximum absolute atomic E-state index is 12.5. The Labute approximate surface area is 156 Å². The lowest BCUT2D eigenvalue weighted by atomic mass is 10.1. The quantitative estimate of drug-likeness (QED) is 0.579. The molecule has 0 unspecified atom stereocenters. The van der Waals surface area contributed by atoms with Gasteiger partial charge >= 0.3 is 5.97 Å². The molecule has 26 heavy (non-hydrogen) atoms. The highest BCUT2D eigenvalue weighted by atomic mass is 35.5. The Hall–Kier alpha value is -2.79. The molecule has 1 atom stereocenters. The Morgan fingerprint density at radius 1 is 1.27 bits per heavy atom. The molecule has 3 rings (SSSR count). The molecule has 0 spiro atoms. The highest BCUT2D eigenvalue weighted by Crippen LogP contribution is 2.35. The van der Waals surface area contributed by atoms with Crippen molar-refractivity contribution in [2.24, 2.45) is 0 Å². The zero-order chi connectivity index (χ0) is 18.7. The Morgan fingerprint density at radius 3 is 2.81 bits per heavy atom. The molecule has 1 aliphatic heterocycles. The summed E-state index contributed by atoms with van der Waals surface area (Å²) in [7, 11) is 0. The predicted octanol–water partition coefficient (Wildman–Crippen LogP) is 4.29. The van der Waals surface area contributed by atoms with Gasteiger partial charge in [0.05, 0.1) is 12.2 Å². The summed E-state index contributed by atoms with van der Waals surface area (Å²) in [5.74, 6) is 0.340. The lowest BCUT2D eigenvalue weighted by molar-refractivity contribution is -0.150. The van der Waals surface area contributed by atoms with Crippen LogP contribution in [0.5, 0.6) is 11.5 Å². The second-order valence-corrected chi connectivity index (χ2v) is 6.10. The van der Waals surface area contributed by atoms with Gasteiger partial charge in [0.2, 0.25) is 5.78 Å². The van der Waals surface area contributed by atoms with Crippen LogP contribution in [0.15, 0.2) is 48.2 Å². The topological polar surface area (TPSA) is 61.8 Å². The van der Waals surface area contributed by atoms with Gasteiger partial charge in [-0.25, -0.2) is 4.79 Å². The Bertz CT molecular complexity index is 888. The number of esters is 1. The number of allylic oxidation sites excluding steroid dienone is 1. The van der Waals surface area contributed by atoms with Gasteiger partial charge in [0.25, 0.3) is 0 Å². The van der Waals surface area contributed by atoms with Crippen LogP contribution in [0.25, 0.3) is 6.08 Å². The number of halogens is 1. The Balaban J connectivity index is 1.79. The van der Waals surface area contributed by atoms with E-state index >= 15 is 0 Å². The van der Waals surface area contributed by atoms with Gasteiger partial charge < -0.3 is 14.2 Å². The van der Waals surface area contributed by atoms with Gasteiger partial charge in [-0.15, -0.1) is 0 Å². The zero-order valence-electron chi connectivity index (χ0n) is 14.3. The van der Waals surface area contributed by atoms with Gasteiger partial charge in [0.1, 0.15) is 11.5 Å². The van der Waals surface area contributed by atoms with Crippen molar-refractivity contribution in [2.45, 2.75) is 20.0 Å². The lowest BCUT2D eigenvalue weighted by Gasteiger charge is -2.13. The van der Waals surface area contributed by atoms with Crippen LogP contribution in [0, 0.1) is 0 Å². The van der Waals surface area contributed by atoms with Gasteiger partial charge in [0, 0.05) is 11.1 Å². The smallest absolute Gasteiger partial charge is 0.347 e. The summed E-state index contributed by atoms with van der Waals surface area (Å²) in [4.78, 5) is 24.1. The minimum atomic E-state index is -0.758. The summed E-state index contributed by atoms with van der Waals surface area (Å²) in [6.45, 7) is 3.61. The molecule has 0 saturated carbocycles. The number of ether oxygens (including phenoxy) is 3. The number of benzene rings is 2. The molecule has 0 N–H and O–H groups in total. The number of carbonyl (C=O) groups is 2. The highest BCUT2D eigenvalue weighted by molar-refractivity contribution is 6.30. The largest absolute Gasteiger partial charge is 0.479 e. The van der Waals surface area contributed by atoms with Crippen molar-refractivity contribution in [1.29, 1.82) is 0 Å². The minimum absolute atomic E-state index is 0.206. The molecule has 0 aliphatic carbocycles. The van der Waals surface area contributed by atoms with E-state index < -0.39 is 12.1 Å². The second-order valence-electron chi connectivity index (χ2n) is 5.66. The number of hydrogen-bond acceptors (Lipinski definition) is 5. The molecule has 1 heterocycles. The van der Waals surface area contributed by atoms with Crippen molar-refractivity contribution >= 4 is 29.4 Å². The first-order chi connectivity index (χ1) is 12.5. The summed E-state index contributed by atoms with van der Waals surface area (Å²) in [6.07, 6.45) is 0.877. The standard InChI is InChI=1S/C20H17ClO5/c1-3-24-20(23)12(2)25-15-7-8-16-17(11-15)26-18(19(16)22)10-13-5-4-6-14(21)9-13/h4-12H,3H2,1-2H3/b18-10-/t12-/m0/s1. The highest BCUT2D eigenvalue weighted by Gasteiger charge is 2.28. The molecule has 5 nitrogen and oxygen atoms in total. The zero-order valence-corrected chi connectivity index (χ0v) is 15.1. The first kappa shape index (κ1) is 18.0. The first-order valence-electron chi connectivity index (χ1n) is 8.15.